The second-order valence-electron chi connectivity index (χ2n) is 2.94. The Morgan fingerprint density at radius 3 is 2.71 bits per heavy atom. The largest absolute Gasteiger partial charge is 0.307 e. The molecule has 0 aromatic carbocycles. The fraction of sp³-hybridized carbons (Fsp3) is 0.125. The van der Waals surface area contributed by atoms with Crippen LogP contribution in [0.2, 0.25) is 10.0 Å². The highest BCUT2D eigenvalue weighted by Crippen LogP contribution is 2.36. The van der Waals surface area contributed by atoms with Gasteiger partial charge in [0.2, 0.25) is 0 Å². The molecule has 5 nitrogen and oxygen atoms in total. The predicted molar refractivity (Wildman–Crippen MR) is 70.8 cm³/mol. The number of hydrogen-bond donors (Lipinski definition) is 2. The Hall–Kier alpha value is -0.600. The van der Waals surface area contributed by atoms with Gasteiger partial charge in [0.25, 0.3) is 0 Å². The van der Waals surface area contributed by atoms with Gasteiger partial charge in [-0.15, -0.1) is 10.2 Å². The molecule has 0 radical (unpaired) electrons. The number of nitrogen functional groups attached to an aromatic ring is 1. The molecule has 0 aliphatic heterocycles. The van der Waals surface area contributed by atoms with Crippen LogP contribution in [0.4, 0.5) is 5.82 Å². The van der Waals surface area contributed by atoms with Crippen molar-refractivity contribution in [1.82, 2.24) is 15.2 Å². The highest BCUT2D eigenvalue weighted by Gasteiger charge is 2.12. The number of pyridine rings is 1. The lowest BCUT2D eigenvalue weighted by Crippen LogP contribution is -2.09. The Balaban J connectivity index is 2.32. The summed E-state index contributed by atoms with van der Waals surface area (Å²) in [5, 5.41) is 10.2. The second-order valence-corrected chi connectivity index (χ2v) is 6.17. The Kier molecular flexibility index (Phi) is 4.05. The molecule has 2 heterocycles. The number of hydrogen-bond acceptors (Lipinski definition) is 7. The molecule has 2 rings (SSSR count). The number of rotatable bonds is 3. The van der Waals surface area contributed by atoms with Crippen LogP contribution < -0.4 is 11.3 Å². The SMILES string of the molecule is Cc1nnc(Sc2nc(NN)c(Cl)cc2Cl)s1. The number of hydrazine groups is 1. The smallest absolute Gasteiger partial charge is 0.180 e. The molecule has 2 aromatic rings. The first-order chi connectivity index (χ1) is 8.10. The van der Waals surface area contributed by atoms with Gasteiger partial charge in [0.15, 0.2) is 10.2 Å². The lowest BCUT2D eigenvalue weighted by atomic mass is 10.4. The number of nitrogens with one attached hydrogen (secondary N) is 1. The van der Waals surface area contributed by atoms with Crippen molar-refractivity contribution in [2.24, 2.45) is 5.84 Å². The van der Waals surface area contributed by atoms with Crippen LogP contribution in [0.1, 0.15) is 5.01 Å². The molecule has 0 aliphatic rings. The fourth-order valence-electron chi connectivity index (χ4n) is 1.02. The Labute approximate surface area is 116 Å². The number of nitrogens with two attached hydrogens (primary N) is 1. The van der Waals surface area contributed by atoms with Gasteiger partial charge in [0, 0.05) is 0 Å². The molecule has 0 spiro atoms. The van der Waals surface area contributed by atoms with Crippen LogP contribution in [0.25, 0.3) is 0 Å². The third-order valence-corrected chi connectivity index (χ3v) is 4.31. The van der Waals surface area contributed by atoms with Gasteiger partial charge in [-0.2, -0.15) is 0 Å². The van der Waals surface area contributed by atoms with Crippen molar-refractivity contribution in [3.05, 3.63) is 21.1 Å². The first kappa shape index (κ1) is 12.8. The summed E-state index contributed by atoms with van der Waals surface area (Å²) in [6.07, 6.45) is 0. The van der Waals surface area contributed by atoms with Gasteiger partial charge < -0.3 is 5.43 Å². The van der Waals surface area contributed by atoms with Crippen LogP contribution in [0, 0.1) is 6.92 Å². The van der Waals surface area contributed by atoms with E-state index in [1.807, 2.05) is 6.92 Å². The van der Waals surface area contributed by atoms with Crippen molar-refractivity contribution < 1.29 is 0 Å². The first-order valence-electron chi connectivity index (χ1n) is 4.40. The lowest BCUT2D eigenvalue weighted by molar-refractivity contribution is 0.980. The van der Waals surface area contributed by atoms with Gasteiger partial charge in [-0.05, 0) is 24.8 Å². The van der Waals surface area contributed by atoms with Gasteiger partial charge in [0.05, 0.1) is 10.0 Å². The molecular formula is C8H7Cl2N5S2. The summed E-state index contributed by atoms with van der Waals surface area (Å²) >= 11 is 14.7. The minimum absolute atomic E-state index is 0.371. The highest BCUT2D eigenvalue weighted by atomic mass is 35.5. The molecule has 0 saturated carbocycles. The second kappa shape index (κ2) is 5.36. The van der Waals surface area contributed by atoms with E-state index in [1.54, 1.807) is 6.07 Å². The first-order valence-corrected chi connectivity index (χ1v) is 6.79. The maximum atomic E-state index is 6.04. The van der Waals surface area contributed by atoms with Gasteiger partial charge in [-0.3, -0.25) is 0 Å². The molecule has 90 valence electrons. The van der Waals surface area contributed by atoms with Crippen LogP contribution in [0.3, 0.4) is 0 Å². The summed E-state index contributed by atoms with van der Waals surface area (Å²) in [6, 6.07) is 1.58. The quantitative estimate of drug-likeness (QED) is 0.670. The molecule has 0 bridgehead atoms. The third-order valence-electron chi connectivity index (χ3n) is 1.73. The zero-order valence-electron chi connectivity index (χ0n) is 8.57. The van der Waals surface area contributed by atoms with E-state index in [-0.39, 0.29) is 0 Å². The van der Waals surface area contributed by atoms with E-state index in [2.05, 4.69) is 20.6 Å². The summed E-state index contributed by atoms with van der Waals surface area (Å²) in [4.78, 5) is 4.20. The van der Waals surface area contributed by atoms with E-state index in [0.717, 1.165) is 9.35 Å². The average Bonchev–Trinajstić information content (AvgIpc) is 2.68. The number of nitrogens with zero attached hydrogens (tertiary/aromatic N) is 3. The standard InChI is InChI=1S/C8H7Cl2N5S2/c1-3-14-15-8(16-3)17-7-5(10)2-4(9)6(12-7)13-11/h2H,11H2,1H3,(H,12,13). The zero-order chi connectivity index (χ0) is 12.4. The molecule has 0 atom stereocenters. The topological polar surface area (TPSA) is 76.7 Å². The molecule has 0 unspecified atom stereocenters. The normalized spacial score (nSPS) is 10.6. The lowest BCUT2D eigenvalue weighted by Gasteiger charge is -2.06. The van der Waals surface area contributed by atoms with Crippen LogP contribution in [0.15, 0.2) is 15.4 Å². The van der Waals surface area contributed by atoms with Crippen LogP contribution in [-0.2, 0) is 0 Å². The predicted octanol–water partition coefficient (Wildman–Crippen LogP) is 2.99. The molecule has 2 aromatic heterocycles. The average molecular weight is 308 g/mol. The van der Waals surface area contributed by atoms with E-state index in [9.17, 15) is 0 Å². The van der Waals surface area contributed by atoms with Gasteiger partial charge in [-0.1, -0.05) is 34.5 Å². The number of anilines is 1. The molecule has 9 heteroatoms. The van der Waals surface area contributed by atoms with Crippen molar-refractivity contribution in [3.63, 3.8) is 0 Å². The summed E-state index contributed by atoms with van der Waals surface area (Å²) in [6.45, 7) is 1.88. The van der Waals surface area contributed by atoms with Crippen LogP contribution in [0.5, 0.6) is 0 Å². The Morgan fingerprint density at radius 2 is 2.12 bits per heavy atom. The van der Waals surface area contributed by atoms with Gasteiger partial charge >= 0.3 is 0 Å². The number of halogens is 2. The third kappa shape index (κ3) is 2.99. The van der Waals surface area contributed by atoms with Gasteiger partial charge in [-0.25, -0.2) is 10.8 Å². The van der Waals surface area contributed by atoms with Crippen molar-refractivity contribution in [3.8, 4) is 0 Å². The van der Waals surface area contributed by atoms with Crippen LogP contribution >= 0.6 is 46.3 Å². The summed E-state index contributed by atoms with van der Waals surface area (Å²) < 4.78 is 0.766. The molecule has 0 saturated heterocycles. The summed E-state index contributed by atoms with van der Waals surface area (Å²) in [5.41, 5.74) is 2.41. The summed E-state index contributed by atoms with van der Waals surface area (Å²) in [7, 11) is 0. The van der Waals surface area contributed by atoms with E-state index >= 15 is 0 Å². The van der Waals surface area contributed by atoms with Crippen molar-refractivity contribution in [2.45, 2.75) is 16.3 Å². The van der Waals surface area contributed by atoms with E-state index < -0.39 is 0 Å². The highest BCUT2D eigenvalue weighted by molar-refractivity contribution is 8.01. The van der Waals surface area contributed by atoms with Crippen molar-refractivity contribution >= 4 is 52.1 Å². The molecule has 0 aliphatic carbocycles. The molecule has 0 amide bonds. The van der Waals surface area contributed by atoms with Gasteiger partial charge in [0.1, 0.15) is 10.0 Å². The number of aromatic nitrogens is 3. The zero-order valence-corrected chi connectivity index (χ0v) is 11.7. The van der Waals surface area contributed by atoms with Crippen molar-refractivity contribution in [2.75, 3.05) is 5.43 Å². The molecule has 0 fully saturated rings. The van der Waals surface area contributed by atoms with E-state index in [4.69, 9.17) is 29.0 Å². The minimum atomic E-state index is 0.371. The molecule has 17 heavy (non-hydrogen) atoms. The Bertz CT molecular complexity index is 545. The van der Waals surface area contributed by atoms with E-state index in [0.29, 0.717) is 20.9 Å². The van der Waals surface area contributed by atoms with Crippen LogP contribution in [-0.4, -0.2) is 15.2 Å². The maximum absolute atomic E-state index is 6.04. The maximum Gasteiger partial charge on any atom is 0.180 e. The van der Waals surface area contributed by atoms with Crippen molar-refractivity contribution in [1.29, 1.82) is 0 Å². The molecule has 3 N–H and O–H groups in total. The number of aryl methyl sites for hydroxylation is 1. The Morgan fingerprint density at radius 1 is 1.35 bits per heavy atom. The molecular weight excluding hydrogens is 301 g/mol. The summed E-state index contributed by atoms with van der Waals surface area (Å²) in [5.74, 6) is 5.67. The minimum Gasteiger partial charge on any atom is -0.307 e. The fourth-order valence-corrected chi connectivity index (χ4v) is 3.28. The monoisotopic (exact) mass is 307 g/mol. The van der Waals surface area contributed by atoms with E-state index in [1.165, 1.54) is 23.1 Å².